The molecule has 0 aliphatic heterocycles. The Morgan fingerprint density at radius 3 is 1.83 bits per heavy atom. The fourth-order valence-electron chi connectivity index (χ4n) is 2.20. The Morgan fingerprint density at radius 1 is 0.759 bits per heavy atom. The number of ether oxygens (including phenoxy) is 2. The lowest BCUT2D eigenvalue weighted by molar-refractivity contribution is -0.294. The number of halogens is 5. The summed E-state index contributed by atoms with van der Waals surface area (Å²) in [5.41, 5.74) is 0. The summed E-state index contributed by atoms with van der Waals surface area (Å²) >= 11 is 0. The molecule has 0 aromatic rings. The topological polar surface area (TPSA) is 52.6 Å². The summed E-state index contributed by atoms with van der Waals surface area (Å²) in [5, 5.41) is 0. The van der Waals surface area contributed by atoms with Crippen LogP contribution in [0.15, 0.2) is 0 Å². The Labute approximate surface area is 168 Å². The van der Waals surface area contributed by atoms with E-state index >= 15 is 0 Å². The van der Waals surface area contributed by atoms with Crippen LogP contribution in [-0.2, 0) is 19.1 Å². The van der Waals surface area contributed by atoms with Gasteiger partial charge in [-0.05, 0) is 6.42 Å². The molecule has 0 saturated heterocycles. The van der Waals surface area contributed by atoms with Crippen LogP contribution in [0.3, 0.4) is 0 Å². The van der Waals surface area contributed by atoms with E-state index in [1.54, 1.807) is 0 Å². The van der Waals surface area contributed by atoms with Crippen LogP contribution >= 0.6 is 0 Å². The first-order valence-corrected chi connectivity index (χ1v) is 9.81. The highest BCUT2D eigenvalue weighted by Crippen LogP contribution is 2.35. The number of alkyl halides is 5. The minimum absolute atomic E-state index is 0.170. The molecule has 0 N–H and O–H groups in total. The van der Waals surface area contributed by atoms with Gasteiger partial charge >= 0.3 is 24.0 Å². The van der Waals surface area contributed by atoms with Gasteiger partial charge in [0.2, 0.25) is 0 Å². The van der Waals surface area contributed by atoms with E-state index in [-0.39, 0.29) is 6.61 Å². The zero-order valence-electron chi connectivity index (χ0n) is 16.7. The highest BCUT2D eigenvalue weighted by atomic mass is 19.4. The summed E-state index contributed by atoms with van der Waals surface area (Å²) in [7, 11) is 0. The molecule has 0 aromatic carbocycles. The highest BCUT2D eigenvalue weighted by Gasteiger charge is 2.58. The predicted octanol–water partition coefficient (Wildman–Crippen LogP) is 5.58. The molecule has 29 heavy (non-hydrogen) atoms. The largest absolute Gasteiger partial charge is 0.459 e. The molecule has 0 spiro atoms. The fourth-order valence-corrected chi connectivity index (χ4v) is 2.20. The number of esters is 2. The third kappa shape index (κ3) is 14.8. The number of hydrogen-bond donors (Lipinski definition) is 0. The minimum atomic E-state index is -5.81. The molecule has 0 atom stereocenters. The van der Waals surface area contributed by atoms with Crippen LogP contribution < -0.4 is 0 Å². The first-order chi connectivity index (χ1) is 13.6. The zero-order chi connectivity index (χ0) is 22.2. The number of hydrogen-bond acceptors (Lipinski definition) is 4. The molecule has 9 heteroatoms. The van der Waals surface area contributed by atoms with Gasteiger partial charge in [0.1, 0.15) is 0 Å². The van der Waals surface area contributed by atoms with E-state index in [2.05, 4.69) is 23.5 Å². The van der Waals surface area contributed by atoms with Crippen molar-refractivity contribution in [2.45, 2.75) is 89.7 Å². The number of carbonyl (C=O) groups is 2. The van der Waals surface area contributed by atoms with E-state index in [1.807, 2.05) is 0 Å². The van der Waals surface area contributed by atoms with Crippen LogP contribution in [-0.4, -0.2) is 37.3 Å². The second kappa shape index (κ2) is 15.1. The molecule has 0 saturated carbocycles. The molecule has 0 amide bonds. The zero-order valence-corrected chi connectivity index (χ0v) is 16.7. The standard InChI is InChI=1S/C20H29F5O4/c1-2-3-4-5-6-7-8-9-10-11-12-15-28-17(26)13-14-18(27)29-16-19(21,22)20(23,24)25/h2-10,13-16H2,1H3. The van der Waals surface area contributed by atoms with Crippen molar-refractivity contribution in [3.8, 4) is 11.8 Å². The van der Waals surface area contributed by atoms with Crippen molar-refractivity contribution in [1.82, 2.24) is 0 Å². The molecule has 4 nitrogen and oxygen atoms in total. The Morgan fingerprint density at radius 2 is 1.28 bits per heavy atom. The minimum Gasteiger partial charge on any atom is -0.459 e. The fraction of sp³-hybridized carbons (Fsp3) is 0.800. The highest BCUT2D eigenvalue weighted by molar-refractivity contribution is 5.77. The van der Waals surface area contributed by atoms with Gasteiger partial charge in [-0.25, -0.2) is 0 Å². The molecule has 0 rings (SSSR count). The third-order valence-corrected chi connectivity index (χ3v) is 3.95. The molecule has 0 fully saturated rings. The molecule has 0 bridgehead atoms. The van der Waals surface area contributed by atoms with E-state index in [1.165, 1.54) is 38.5 Å². The normalized spacial score (nSPS) is 11.5. The van der Waals surface area contributed by atoms with E-state index in [4.69, 9.17) is 4.74 Å². The molecule has 0 aliphatic rings. The van der Waals surface area contributed by atoms with Crippen LogP contribution in [0.1, 0.15) is 77.6 Å². The van der Waals surface area contributed by atoms with Gasteiger partial charge in [0, 0.05) is 6.42 Å². The summed E-state index contributed by atoms with van der Waals surface area (Å²) in [6.45, 7) is -0.109. The van der Waals surface area contributed by atoms with Gasteiger partial charge < -0.3 is 9.47 Å². The van der Waals surface area contributed by atoms with Crippen molar-refractivity contribution in [2.24, 2.45) is 0 Å². The van der Waals surface area contributed by atoms with Gasteiger partial charge in [0.05, 0.1) is 12.8 Å². The third-order valence-electron chi connectivity index (χ3n) is 3.95. The lowest BCUT2D eigenvalue weighted by atomic mass is 10.1. The van der Waals surface area contributed by atoms with Crippen LogP contribution in [0, 0.1) is 11.8 Å². The van der Waals surface area contributed by atoms with Gasteiger partial charge in [-0.2, -0.15) is 22.0 Å². The number of rotatable bonds is 14. The van der Waals surface area contributed by atoms with Crippen molar-refractivity contribution in [3.63, 3.8) is 0 Å². The van der Waals surface area contributed by atoms with Gasteiger partial charge in [0.15, 0.2) is 13.2 Å². The molecule has 0 heterocycles. The maximum absolute atomic E-state index is 12.6. The summed E-state index contributed by atoms with van der Waals surface area (Å²) in [6.07, 6.45) is 3.23. The molecular weight excluding hydrogens is 399 g/mol. The van der Waals surface area contributed by atoms with Gasteiger partial charge in [-0.1, -0.05) is 63.7 Å². The van der Waals surface area contributed by atoms with Gasteiger partial charge in [-0.3, -0.25) is 9.59 Å². The van der Waals surface area contributed by atoms with Crippen molar-refractivity contribution in [2.75, 3.05) is 13.2 Å². The van der Waals surface area contributed by atoms with Gasteiger partial charge in [0.25, 0.3) is 0 Å². The quantitative estimate of drug-likeness (QED) is 0.157. The van der Waals surface area contributed by atoms with E-state index < -0.39 is 43.5 Å². The first-order valence-electron chi connectivity index (χ1n) is 9.81. The van der Waals surface area contributed by atoms with Gasteiger partial charge in [-0.15, -0.1) is 0 Å². The number of carbonyl (C=O) groups excluding carboxylic acids is 2. The second-order valence-corrected chi connectivity index (χ2v) is 6.60. The van der Waals surface area contributed by atoms with Crippen LogP contribution in [0.4, 0.5) is 22.0 Å². The first kappa shape index (κ1) is 27.1. The second-order valence-electron chi connectivity index (χ2n) is 6.60. The maximum atomic E-state index is 12.6. The van der Waals surface area contributed by atoms with Crippen LogP contribution in [0.5, 0.6) is 0 Å². The van der Waals surface area contributed by atoms with Crippen molar-refractivity contribution in [3.05, 3.63) is 0 Å². The summed E-state index contributed by atoms with van der Waals surface area (Å²) in [4.78, 5) is 22.5. The summed E-state index contributed by atoms with van der Waals surface area (Å²) in [6, 6.07) is 0. The maximum Gasteiger partial charge on any atom is 0.456 e. The van der Waals surface area contributed by atoms with E-state index in [0.717, 1.165) is 12.8 Å². The number of unbranched alkanes of at least 4 members (excludes halogenated alkanes) is 8. The SMILES string of the molecule is CCCCCCCCCCC#CCOC(=O)CCC(=O)OCC(F)(F)C(F)(F)F. The van der Waals surface area contributed by atoms with Crippen LogP contribution in [0.25, 0.3) is 0 Å². The van der Waals surface area contributed by atoms with Crippen molar-refractivity contribution in [1.29, 1.82) is 0 Å². The molecular formula is C20H29F5O4. The Bertz CT molecular complexity index is 535. The molecule has 0 aromatic heterocycles. The Kier molecular flexibility index (Phi) is 14.1. The van der Waals surface area contributed by atoms with Crippen LogP contribution in [0.2, 0.25) is 0 Å². The Hall–Kier alpha value is -1.85. The molecule has 0 aliphatic carbocycles. The Balaban J connectivity index is 3.71. The average molecular weight is 428 g/mol. The van der Waals surface area contributed by atoms with E-state index in [9.17, 15) is 31.5 Å². The average Bonchev–Trinajstić information content (AvgIpc) is 2.64. The predicted molar refractivity (Wildman–Crippen MR) is 97.2 cm³/mol. The molecule has 0 unspecified atom stereocenters. The monoisotopic (exact) mass is 428 g/mol. The molecule has 0 radical (unpaired) electrons. The summed E-state index contributed by atoms with van der Waals surface area (Å²) in [5.74, 6) is -1.78. The lowest BCUT2D eigenvalue weighted by Gasteiger charge is -2.18. The lowest BCUT2D eigenvalue weighted by Crippen LogP contribution is -2.41. The molecule has 168 valence electrons. The summed E-state index contributed by atoms with van der Waals surface area (Å²) < 4.78 is 69.5. The van der Waals surface area contributed by atoms with Crippen molar-refractivity contribution < 1.29 is 41.0 Å². The smallest absolute Gasteiger partial charge is 0.456 e. The van der Waals surface area contributed by atoms with Crippen molar-refractivity contribution >= 4 is 11.9 Å². The van der Waals surface area contributed by atoms with E-state index in [0.29, 0.717) is 6.42 Å².